The molecule has 2 aromatic carbocycles. The first-order chi connectivity index (χ1) is 35.9. The molecule has 5 aromatic rings. The Morgan fingerprint density at radius 2 is 1.55 bits per heavy atom. The molecular formula is C46H39ClF10N8O11S2. The van der Waals surface area contributed by atoms with Crippen molar-refractivity contribution in [2.24, 2.45) is 5.92 Å². The molecule has 2 aliphatic rings. The number of aliphatic carboxylic acids is 2. The third-order valence-corrected chi connectivity index (χ3v) is 15.9. The molecule has 3 amide bonds. The van der Waals surface area contributed by atoms with E-state index in [1.807, 2.05) is 0 Å². The van der Waals surface area contributed by atoms with Crippen LogP contribution in [-0.4, -0.2) is 104 Å². The van der Waals surface area contributed by atoms with Gasteiger partial charge in [-0.25, -0.2) is 35.4 Å². The van der Waals surface area contributed by atoms with Gasteiger partial charge in [-0.05, 0) is 80.8 Å². The number of rotatable bonds is 17. The van der Waals surface area contributed by atoms with Crippen molar-refractivity contribution in [3.63, 3.8) is 0 Å². The number of fused-ring (bicyclic) bond motifs is 4. The second-order valence-corrected chi connectivity index (χ2v) is 23.3. The van der Waals surface area contributed by atoms with Gasteiger partial charge in [0.15, 0.2) is 15.5 Å². The summed E-state index contributed by atoms with van der Waals surface area (Å²) in [7, 11) is -9.15. The largest absolute Gasteiger partial charge is 0.481 e. The second kappa shape index (κ2) is 20.8. The summed E-state index contributed by atoms with van der Waals surface area (Å²) < 4.78 is 200. The molecule has 78 heavy (non-hydrogen) atoms. The van der Waals surface area contributed by atoms with Crippen molar-refractivity contribution in [1.82, 2.24) is 39.9 Å². The molecule has 0 bridgehead atoms. The maximum absolute atomic E-state index is 15.6. The molecule has 5 N–H and O–H groups in total. The average Bonchev–Trinajstić information content (AvgIpc) is 4.04. The van der Waals surface area contributed by atoms with Gasteiger partial charge in [0.25, 0.3) is 11.8 Å². The Morgan fingerprint density at radius 3 is 2.14 bits per heavy atom. The van der Waals surface area contributed by atoms with Crippen molar-refractivity contribution < 1.29 is 94.9 Å². The van der Waals surface area contributed by atoms with Gasteiger partial charge in [-0.1, -0.05) is 23.6 Å². The predicted octanol–water partition coefficient (Wildman–Crippen LogP) is 5.67. The zero-order chi connectivity index (χ0) is 58.0. The molecule has 32 heteroatoms. The Morgan fingerprint density at radius 1 is 0.910 bits per heavy atom. The van der Waals surface area contributed by atoms with Gasteiger partial charge in [0.2, 0.25) is 15.9 Å². The molecule has 418 valence electrons. The van der Waals surface area contributed by atoms with Gasteiger partial charge < -0.3 is 20.8 Å². The number of sulfone groups is 1. The summed E-state index contributed by atoms with van der Waals surface area (Å²) in [6, 6.07) is 2.27. The number of benzene rings is 2. The first kappa shape index (κ1) is 58.4. The molecule has 1 saturated carbocycles. The maximum atomic E-state index is 15.6. The number of carbonyl (C=O) groups excluding carboxylic acids is 3. The number of carbonyl (C=O) groups is 5. The van der Waals surface area contributed by atoms with E-state index in [2.05, 4.69) is 32.3 Å². The van der Waals surface area contributed by atoms with E-state index < -0.39 is 196 Å². The number of nitrogens with zero attached hydrogens (tertiary/aromatic N) is 5. The van der Waals surface area contributed by atoms with E-state index in [9.17, 15) is 75.9 Å². The zero-order valence-corrected chi connectivity index (χ0v) is 42.5. The maximum Gasteiger partial charge on any atom is 0.435 e. The Labute approximate surface area is 438 Å². The Hall–Kier alpha value is -7.33. The lowest BCUT2D eigenvalue weighted by atomic mass is 9.93. The van der Waals surface area contributed by atoms with E-state index in [1.165, 1.54) is 18.6 Å². The first-order valence-corrected chi connectivity index (χ1v) is 26.4. The van der Waals surface area contributed by atoms with E-state index in [0.29, 0.717) is 6.07 Å². The smallest absolute Gasteiger partial charge is 0.435 e. The molecule has 7 rings (SSSR count). The molecule has 0 unspecified atom stereocenters. The lowest BCUT2D eigenvalue weighted by Gasteiger charge is -2.23. The minimum absolute atomic E-state index is 0.154. The highest BCUT2D eigenvalue weighted by Crippen LogP contribution is 2.68. The van der Waals surface area contributed by atoms with Crippen molar-refractivity contribution in [3.8, 4) is 23.0 Å². The fourth-order valence-electron chi connectivity index (χ4n) is 8.65. The van der Waals surface area contributed by atoms with Crippen molar-refractivity contribution in [2.75, 3.05) is 6.26 Å². The van der Waals surface area contributed by atoms with Gasteiger partial charge in [-0.3, -0.25) is 33.3 Å². The number of hydrogen-bond acceptors (Lipinski definition) is 12. The van der Waals surface area contributed by atoms with E-state index in [-0.39, 0.29) is 32.6 Å². The minimum atomic E-state index is -5.26. The standard InChI is InChI=1S/C46H39ClF10N8O11S2/c1-43(2,77(3,73)74)11-10-23-4-5-24(25-6-7-28(47)35-31(61-65(37(25)35)19-44(50,51)52)18-78(75,76)63-40(69)29(8-9-33(67)68)60-41(70)42(71)72)36(58-23)30(14-20-12-21(48)15-22(49)13-20)59-32(66)17-64-39-34(38(62-64)46(55,56)57)26-16-27(26)45(39,53)54/h4-7,12-13,15,26-27,29-30H,8-9,14,16-19H2,1-3H3,(H,59,66)(H,60,70)(H,63,69)(H,67,68)(H,71,72)/t26-,27+,29-,30-/m0/s1. The summed E-state index contributed by atoms with van der Waals surface area (Å²) in [6.45, 7) is -0.972. The summed E-state index contributed by atoms with van der Waals surface area (Å²) in [5, 5.41) is 28.3. The van der Waals surface area contributed by atoms with Crippen LogP contribution >= 0.6 is 11.6 Å². The van der Waals surface area contributed by atoms with Gasteiger partial charge in [-0.15, -0.1) is 0 Å². The number of carboxylic acids is 2. The summed E-state index contributed by atoms with van der Waals surface area (Å²) in [5.74, 6) is -14.2. The fourth-order valence-corrected chi connectivity index (χ4v) is 10.2. The fraction of sp³-hybridized carbons (Fsp3) is 0.391. The summed E-state index contributed by atoms with van der Waals surface area (Å²) in [6.07, 6.45) is -12.4. The topological polar surface area (TPSA) is 279 Å². The van der Waals surface area contributed by atoms with Crippen LogP contribution in [-0.2, 0) is 81.2 Å². The van der Waals surface area contributed by atoms with Crippen LogP contribution in [0, 0.1) is 29.4 Å². The van der Waals surface area contributed by atoms with Crippen molar-refractivity contribution >= 4 is 72.0 Å². The molecule has 0 spiro atoms. The van der Waals surface area contributed by atoms with Crippen LogP contribution in [0.15, 0.2) is 42.5 Å². The van der Waals surface area contributed by atoms with Crippen molar-refractivity contribution in [3.05, 3.63) is 98.7 Å². The van der Waals surface area contributed by atoms with Crippen molar-refractivity contribution in [1.29, 1.82) is 0 Å². The second-order valence-electron chi connectivity index (χ2n) is 18.6. The highest BCUT2D eigenvalue weighted by atomic mass is 35.5. The highest BCUT2D eigenvalue weighted by molar-refractivity contribution is 7.92. The van der Waals surface area contributed by atoms with E-state index >= 15 is 8.78 Å². The molecule has 0 aliphatic heterocycles. The molecule has 2 aliphatic carbocycles. The third kappa shape index (κ3) is 12.6. The van der Waals surface area contributed by atoms with Crippen LogP contribution in [0.3, 0.4) is 0 Å². The normalized spacial score (nSPS) is 16.8. The molecule has 1 fully saturated rings. The number of carboxylic acid groups (broad SMARTS) is 2. The van der Waals surface area contributed by atoms with E-state index in [4.69, 9.17) is 21.8 Å². The average molecular weight is 1170 g/mol. The van der Waals surface area contributed by atoms with Gasteiger partial charge in [0.1, 0.15) is 52.7 Å². The Bertz CT molecular complexity index is 3610. The molecule has 3 aromatic heterocycles. The molecule has 3 heterocycles. The number of alkyl halides is 8. The number of sulfonamides is 1. The van der Waals surface area contributed by atoms with Crippen LogP contribution in [0.5, 0.6) is 0 Å². The monoisotopic (exact) mass is 1170 g/mol. The highest BCUT2D eigenvalue weighted by Gasteiger charge is 2.68. The zero-order valence-electron chi connectivity index (χ0n) is 40.1. The van der Waals surface area contributed by atoms with E-state index in [0.717, 1.165) is 42.7 Å². The van der Waals surface area contributed by atoms with Crippen LogP contribution < -0.4 is 15.4 Å². The lowest BCUT2D eigenvalue weighted by Crippen LogP contribution is -2.50. The molecule has 19 nitrogen and oxygen atoms in total. The predicted molar refractivity (Wildman–Crippen MR) is 250 cm³/mol. The molecular weight excluding hydrogens is 1130 g/mol. The number of aromatic nitrogens is 5. The van der Waals surface area contributed by atoms with Gasteiger partial charge in [0.05, 0.1) is 28.0 Å². The number of pyridine rings is 1. The number of amides is 3. The Kier molecular flexibility index (Phi) is 15.6. The number of halogens is 11. The molecule has 0 saturated heterocycles. The number of hydrogen-bond donors (Lipinski definition) is 5. The molecule has 4 atom stereocenters. The SMILES string of the molecule is CC(C)(C#Cc1ccc(-c2ccc(Cl)c3c(CS(=O)(=O)NC(=O)[C@H](CCC(=O)O)NC(=O)C(=O)O)nn(CC(F)(F)F)c23)c([C@H](Cc2cc(F)cc(F)c2)NC(=O)Cn2nc(C(F)(F)F)c3c2C(F)(F)[C@@H]2C[C@H]32)n1)S(C)(=O)=O. The van der Waals surface area contributed by atoms with E-state index in [1.54, 1.807) is 5.32 Å². The minimum Gasteiger partial charge on any atom is -0.481 e. The molecule has 0 radical (unpaired) electrons. The van der Waals surface area contributed by atoms with Crippen LogP contribution in [0.4, 0.5) is 43.9 Å². The van der Waals surface area contributed by atoms with Crippen molar-refractivity contribution in [2.45, 2.75) is 99.4 Å². The van der Waals surface area contributed by atoms with Crippen LogP contribution in [0.25, 0.3) is 22.0 Å². The quantitative estimate of drug-likeness (QED) is 0.0426. The lowest BCUT2D eigenvalue weighted by molar-refractivity contribution is -0.151. The van der Waals surface area contributed by atoms with Crippen LogP contribution in [0.2, 0.25) is 5.02 Å². The summed E-state index contributed by atoms with van der Waals surface area (Å²) in [4.78, 5) is 66.1. The summed E-state index contributed by atoms with van der Waals surface area (Å²) >= 11 is 6.56. The third-order valence-electron chi connectivity index (χ3n) is 12.4. The number of nitrogens with one attached hydrogen (secondary N) is 3. The Balaban J connectivity index is 1.41. The van der Waals surface area contributed by atoms with Gasteiger partial charge in [-0.2, -0.15) is 45.3 Å². The van der Waals surface area contributed by atoms with Gasteiger partial charge >= 0.3 is 30.2 Å². The van der Waals surface area contributed by atoms with Gasteiger partial charge in [0, 0.05) is 46.7 Å². The summed E-state index contributed by atoms with van der Waals surface area (Å²) in [5.41, 5.74) is -7.11. The van der Waals surface area contributed by atoms with Crippen LogP contribution in [0.1, 0.15) is 84.7 Å². The first-order valence-electron chi connectivity index (χ1n) is 22.5.